The molecule has 0 atom stereocenters. The van der Waals surface area contributed by atoms with Gasteiger partial charge in [-0.25, -0.2) is 4.79 Å². The molecule has 0 spiro atoms. The second-order valence-corrected chi connectivity index (χ2v) is 6.16. The van der Waals surface area contributed by atoms with Crippen molar-refractivity contribution >= 4 is 45.2 Å². The zero-order valence-corrected chi connectivity index (χ0v) is 14.5. The standard InChI is InChI=1S/C15H12BrClN2O4/c1-7-5-10(15(22)23)12(19(2)14(7)21)18-13(20)9-4-3-8(16)6-11(9)17/h3-6H,1-2H3,(H,18,20)(H,22,23). The predicted octanol–water partition coefficient (Wildman–Crippen LogP) is 3.06. The normalized spacial score (nSPS) is 10.4. The van der Waals surface area contributed by atoms with Crippen LogP contribution in [0.4, 0.5) is 5.82 Å². The number of nitrogens with zero attached hydrogens (tertiary/aromatic N) is 1. The topological polar surface area (TPSA) is 88.4 Å². The average Bonchev–Trinajstić information content (AvgIpc) is 2.47. The van der Waals surface area contributed by atoms with Crippen LogP contribution in [0, 0.1) is 6.92 Å². The number of aromatic carboxylic acids is 1. The van der Waals surface area contributed by atoms with Crippen molar-refractivity contribution in [3.8, 4) is 0 Å². The van der Waals surface area contributed by atoms with Crippen LogP contribution in [0.2, 0.25) is 5.02 Å². The zero-order chi connectivity index (χ0) is 17.3. The molecular formula is C15H12BrClN2O4. The van der Waals surface area contributed by atoms with Gasteiger partial charge in [0.05, 0.1) is 10.6 Å². The number of rotatable bonds is 3. The summed E-state index contributed by atoms with van der Waals surface area (Å²) in [5.74, 6) is -1.96. The largest absolute Gasteiger partial charge is 0.478 e. The summed E-state index contributed by atoms with van der Waals surface area (Å²) >= 11 is 9.25. The summed E-state index contributed by atoms with van der Waals surface area (Å²) in [6, 6.07) is 5.90. The van der Waals surface area contributed by atoms with E-state index in [1.165, 1.54) is 26.1 Å². The maximum atomic E-state index is 12.4. The minimum atomic E-state index is -1.25. The van der Waals surface area contributed by atoms with E-state index in [9.17, 15) is 19.5 Å². The number of nitrogens with one attached hydrogen (secondary N) is 1. The minimum Gasteiger partial charge on any atom is -0.478 e. The van der Waals surface area contributed by atoms with Gasteiger partial charge in [-0.05, 0) is 31.2 Å². The molecule has 0 fully saturated rings. The molecule has 0 saturated carbocycles. The van der Waals surface area contributed by atoms with Gasteiger partial charge in [0, 0.05) is 17.1 Å². The van der Waals surface area contributed by atoms with Crippen LogP contribution in [0.15, 0.2) is 33.5 Å². The first-order chi connectivity index (χ1) is 10.7. The molecule has 2 rings (SSSR count). The summed E-state index contributed by atoms with van der Waals surface area (Å²) in [6.07, 6.45) is 0. The van der Waals surface area contributed by atoms with Gasteiger partial charge in [-0.2, -0.15) is 0 Å². The van der Waals surface area contributed by atoms with Crippen LogP contribution in [0.25, 0.3) is 0 Å². The second kappa shape index (κ2) is 6.55. The van der Waals surface area contributed by atoms with E-state index in [1.807, 2.05) is 0 Å². The van der Waals surface area contributed by atoms with Gasteiger partial charge < -0.3 is 10.4 Å². The van der Waals surface area contributed by atoms with E-state index in [2.05, 4.69) is 21.2 Å². The molecule has 8 heteroatoms. The Kier molecular flexibility index (Phi) is 4.91. The molecule has 0 aliphatic heterocycles. The molecule has 1 aromatic heterocycles. The highest BCUT2D eigenvalue weighted by Crippen LogP contribution is 2.23. The van der Waals surface area contributed by atoms with Gasteiger partial charge in [-0.15, -0.1) is 0 Å². The number of aromatic nitrogens is 1. The van der Waals surface area contributed by atoms with Gasteiger partial charge in [0.2, 0.25) is 0 Å². The number of carbonyl (C=O) groups excluding carboxylic acids is 1. The smallest absolute Gasteiger partial charge is 0.339 e. The lowest BCUT2D eigenvalue weighted by molar-refractivity contribution is 0.0697. The van der Waals surface area contributed by atoms with Crippen LogP contribution in [-0.4, -0.2) is 21.6 Å². The fourth-order valence-electron chi connectivity index (χ4n) is 2.06. The summed E-state index contributed by atoms with van der Waals surface area (Å²) in [5.41, 5.74) is -0.137. The highest BCUT2D eigenvalue weighted by atomic mass is 79.9. The summed E-state index contributed by atoms with van der Waals surface area (Å²) in [5, 5.41) is 11.9. The molecule has 1 heterocycles. The number of hydrogen-bond donors (Lipinski definition) is 2. The van der Waals surface area contributed by atoms with E-state index in [1.54, 1.807) is 12.1 Å². The second-order valence-electron chi connectivity index (χ2n) is 4.84. The lowest BCUT2D eigenvalue weighted by Gasteiger charge is -2.14. The third-order valence-electron chi connectivity index (χ3n) is 3.23. The number of carboxylic acid groups (broad SMARTS) is 1. The lowest BCUT2D eigenvalue weighted by atomic mass is 10.1. The van der Waals surface area contributed by atoms with E-state index in [-0.39, 0.29) is 27.5 Å². The molecule has 0 unspecified atom stereocenters. The van der Waals surface area contributed by atoms with E-state index >= 15 is 0 Å². The summed E-state index contributed by atoms with van der Waals surface area (Å²) in [7, 11) is 1.39. The van der Waals surface area contributed by atoms with Gasteiger partial charge in [0.15, 0.2) is 0 Å². The first-order valence-corrected chi connectivity index (χ1v) is 7.59. The molecule has 2 N–H and O–H groups in total. The number of halogens is 2. The Morgan fingerprint density at radius 2 is 1.91 bits per heavy atom. The number of anilines is 1. The molecule has 0 radical (unpaired) electrons. The Balaban J connectivity index is 2.51. The van der Waals surface area contributed by atoms with Crippen molar-refractivity contribution in [1.29, 1.82) is 0 Å². The third-order valence-corrected chi connectivity index (χ3v) is 4.04. The minimum absolute atomic E-state index is 0.0999. The Hall–Kier alpha value is -2.12. The summed E-state index contributed by atoms with van der Waals surface area (Å²) in [6.45, 7) is 1.51. The van der Waals surface area contributed by atoms with Crippen molar-refractivity contribution in [2.45, 2.75) is 6.92 Å². The Morgan fingerprint density at radius 3 is 2.48 bits per heavy atom. The average molecular weight is 400 g/mol. The maximum absolute atomic E-state index is 12.4. The SMILES string of the molecule is Cc1cc(C(=O)O)c(NC(=O)c2ccc(Br)cc2Cl)n(C)c1=O. The molecule has 6 nitrogen and oxygen atoms in total. The van der Waals surface area contributed by atoms with Crippen molar-refractivity contribution in [2.24, 2.45) is 7.05 Å². The molecule has 0 aliphatic rings. The molecular weight excluding hydrogens is 388 g/mol. The molecule has 2 aromatic rings. The molecule has 1 amide bonds. The van der Waals surface area contributed by atoms with E-state index in [0.717, 1.165) is 4.57 Å². The molecule has 0 aliphatic carbocycles. The highest BCUT2D eigenvalue weighted by Gasteiger charge is 2.20. The highest BCUT2D eigenvalue weighted by molar-refractivity contribution is 9.10. The number of carboxylic acids is 1. The van der Waals surface area contributed by atoms with Crippen LogP contribution < -0.4 is 10.9 Å². The van der Waals surface area contributed by atoms with Crippen molar-refractivity contribution in [2.75, 3.05) is 5.32 Å². The van der Waals surface area contributed by atoms with Crippen LogP contribution >= 0.6 is 27.5 Å². The third kappa shape index (κ3) is 3.46. The van der Waals surface area contributed by atoms with Crippen molar-refractivity contribution in [3.63, 3.8) is 0 Å². The van der Waals surface area contributed by atoms with Crippen molar-refractivity contribution in [3.05, 3.63) is 60.8 Å². The van der Waals surface area contributed by atoms with E-state index in [4.69, 9.17) is 11.6 Å². The fraction of sp³-hybridized carbons (Fsp3) is 0.133. The van der Waals surface area contributed by atoms with E-state index in [0.29, 0.717) is 4.47 Å². The zero-order valence-electron chi connectivity index (χ0n) is 12.2. The molecule has 0 bridgehead atoms. The molecule has 23 heavy (non-hydrogen) atoms. The van der Waals surface area contributed by atoms with Crippen molar-refractivity contribution in [1.82, 2.24) is 4.57 Å². The number of pyridine rings is 1. The predicted molar refractivity (Wildman–Crippen MR) is 90.5 cm³/mol. The van der Waals surface area contributed by atoms with Crippen LogP contribution in [0.1, 0.15) is 26.3 Å². The number of hydrogen-bond acceptors (Lipinski definition) is 3. The molecule has 1 aromatic carbocycles. The molecule has 120 valence electrons. The van der Waals surface area contributed by atoms with Gasteiger partial charge in [-0.3, -0.25) is 14.2 Å². The monoisotopic (exact) mass is 398 g/mol. The number of amides is 1. The quantitative estimate of drug-likeness (QED) is 0.830. The lowest BCUT2D eigenvalue weighted by Crippen LogP contribution is -2.27. The van der Waals surface area contributed by atoms with Gasteiger partial charge in [-0.1, -0.05) is 27.5 Å². The van der Waals surface area contributed by atoms with Gasteiger partial charge in [0.25, 0.3) is 11.5 Å². The van der Waals surface area contributed by atoms with Crippen LogP contribution in [0.5, 0.6) is 0 Å². The first kappa shape index (κ1) is 17.2. The van der Waals surface area contributed by atoms with E-state index < -0.39 is 17.4 Å². The number of benzene rings is 1. The Bertz CT molecular complexity index is 877. The van der Waals surface area contributed by atoms with Gasteiger partial charge >= 0.3 is 5.97 Å². The van der Waals surface area contributed by atoms with Crippen molar-refractivity contribution < 1.29 is 14.7 Å². The summed E-state index contributed by atoms with van der Waals surface area (Å²) in [4.78, 5) is 35.7. The Labute approximate surface area is 144 Å². The summed E-state index contributed by atoms with van der Waals surface area (Å²) < 4.78 is 1.79. The van der Waals surface area contributed by atoms with Crippen LogP contribution in [-0.2, 0) is 7.05 Å². The molecule has 0 saturated heterocycles. The number of carbonyl (C=O) groups is 2. The number of aryl methyl sites for hydroxylation is 1. The Morgan fingerprint density at radius 1 is 1.26 bits per heavy atom. The van der Waals surface area contributed by atoms with Crippen LogP contribution in [0.3, 0.4) is 0 Å². The van der Waals surface area contributed by atoms with Gasteiger partial charge in [0.1, 0.15) is 11.4 Å². The maximum Gasteiger partial charge on any atom is 0.339 e. The first-order valence-electron chi connectivity index (χ1n) is 6.42. The fourth-order valence-corrected chi connectivity index (χ4v) is 2.82.